The molecule has 14 heavy (non-hydrogen) atoms. The lowest BCUT2D eigenvalue weighted by Crippen LogP contribution is -2.26. The van der Waals surface area contributed by atoms with Crippen LogP contribution in [0.25, 0.3) is 0 Å². The first-order chi connectivity index (χ1) is 6.76. The van der Waals surface area contributed by atoms with Gasteiger partial charge in [0.2, 0.25) is 5.91 Å². The molecule has 0 aliphatic rings. The number of aromatic nitrogens is 1. The van der Waals surface area contributed by atoms with Crippen LogP contribution in [-0.4, -0.2) is 24.5 Å². The highest BCUT2D eigenvalue weighted by atomic mass is 16.1. The summed E-state index contributed by atoms with van der Waals surface area (Å²) in [5.41, 5.74) is 0.326. The molecule has 0 aliphatic carbocycles. The van der Waals surface area contributed by atoms with Crippen molar-refractivity contribution in [3.05, 3.63) is 23.9 Å². The van der Waals surface area contributed by atoms with Crippen LogP contribution in [0.5, 0.6) is 0 Å². The molecule has 2 N–H and O–H groups in total. The molecule has 0 aromatic carbocycles. The Morgan fingerprint density at radius 2 is 2.43 bits per heavy atom. The van der Waals surface area contributed by atoms with Gasteiger partial charge in [-0.15, -0.1) is 0 Å². The monoisotopic (exact) mass is 190 g/mol. The zero-order valence-corrected chi connectivity index (χ0v) is 7.74. The van der Waals surface area contributed by atoms with Crippen LogP contribution in [0.2, 0.25) is 0 Å². The van der Waals surface area contributed by atoms with Gasteiger partial charge in [0.15, 0.2) is 0 Å². The molecule has 1 aromatic rings. The van der Waals surface area contributed by atoms with Crippen LogP contribution >= 0.6 is 0 Å². The molecule has 0 aliphatic heterocycles. The molecule has 0 fully saturated rings. The molecule has 0 saturated heterocycles. The van der Waals surface area contributed by atoms with E-state index < -0.39 is 0 Å². The SMILES string of the molecule is CNC(=O)CNc1cccc(C#N)n1. The summed E-state index contributed by atoms with van der Waals surface area (Å²) in [4.78, 5) is 14.8. The summed E-state index contributed by atoms with van der Waals surface area (Å²) in [7, 11) is 1.56. The molecule has 0 bridgehead atoms. The molecule has 1 aromatic heterocycles. The Labute approximate surface area is 81.8 Å². The third kappa shape index (κ3) is 2.75. The maximum Gasteiger partial charge on any atom is 0.239 e. The Bertz CT molecular complexity index is 369. The Balaban J connectivity index is 2.60. The van der Waals surface area contributed by atoms with Crippen LogP contribution in [0.1, 0.15) is 5.69 Å². The maximum absolute atomic E-state index is 10.9. The normalized spacial score (nSPS) is 8.86. The summed E-state index contributed by atoms with van der Waals surface area (Å²) in [6.45, 7) is 0.151. The van der Waals surface area contributed by atoms with Crippen LogP contribution in [0.3, 0.4) is 0 Å². The number of nitrogens with one attached hydrogen (secondary N) is 2. The standard InChI is InChI=1S/C9H10N4O/c1-11-9(14)6-12-8-4-2-3-7(5-10)13-8/h2-4H,6H2,1H3,(H,11,14)(H,12,13). The Morgan fingerprint density at radius 1 is 1.64 bits per heavy atom. The molecule has 5 heteroatoms. The first-order valence-electron chi connectivity index (χ1n) is 4.08. The fourth-order valence-electron chi connectivity index (χ4n) is 0.855. The van der Waals surface area contributed by atoms with E-state index in [9.17, 15) is 4.79 Å². The second-order valence-corrected chi connectivity index (χ2v) is 2.55. The highest BCUT2D eigenvalue weighted by Crippen LogP contribution is 2.02. The Kier molecular flexibility index (Phi) is 3.44. The van der Waals surface area contributed by atoms with E-state index in [4.69, 9.17) is 5.26 Å². The van der Waals surface area contributed by atoms with Gasteiger partial charge in [-0.25, -0.2) is 4.98 Å². The fourth-order valence-corrected chi connectivity index (χ4v) is 0.855. The van der Waals surface area contributed by atoms with Crippen molar-refractivity contribution in [3.63, 3.8) is 0 Å². The number of hydrogen-bond donors (Lipinski definition) is 2. The Hall–Kier alpha value is -2.09. The van der Waals surface area contributed by atoms with E-state index in [-0.39, 0.29) is 12.5 Å². The van der Waals surface area contributed by atoms with Gasteiger partial charge in [0, 0.05) is 7.05 Å². The smallest absolute Gasteiger partial charge is 0.239 e. The molecule has 5 nitrogen and oxygen atoms in total. The quantitative estimate of drug-likeness (QED) is 0.709. The van der Waals surface area contributed by atoms with Gasteiger partial charge < -0.3 is 10.6 Å². The number of nitrogens with zero attached hydrogens (tertiary/aromatic N) is 2. The molecule has 72 valence electrons. The number of carbonyl (C=O) groups excluding carboxylic acids is 1. The molecule has 0 saturated carbocycles. The van der Waals surface area contributed by atoms with Gasteiger partial charge in [0.05, 0.1) is 6.54 Å². The summed E-state index contributed by atoms with van der Waals surface area (Å²) in [6.07, 6.45) is 0. The zero-order valence-electron chi connectivity index (χ0n) is 7.74. The lowest BCUT2D eigenvalue weighted by Gasteiger charge is -2.03. The predicted octanol–water partition coefficient (Wildman–Crippen LogP) is 0.111. The third-order valence-electron chi connectivity index (χ3n) is 1.57. The number of rotatable bonds is 3. The van der Waals surface area contributed by atoms with Gasteiger partial charge in [-0.1, -0.05) is 6.07 Å². The topological polar surface area (TPSA) is 77.8 Å². The lowest BCUT2D eigenvalue weighted by atomic mass is 10.3. The van der Waals surface area contributed by atoms with Crippen molar-refractivity contribution in [3.8, 4) is 6.07 Å². The third-order valence-corrected chi connectivity index (χ3v) is 1.57. The fraction of sp³-hybridized carbons (Fsp3) is 0.222. The molecule has 0 atom stereocenters. The number of amides is 1. The highest BCUT2D eigenvalue weighted by molar-refractivity contribution is 5.80. The van der Waals surface area contributed by atoms with E-state index in [1.807, 2.05) is 6.07 Å². The van der Waals surface area contributed by atoms with Crippen molar-refractivity contribution in [2.45, 2.75) is 0 Å². The van der Waals surface area contributed by atoms with Crippen LogP contribution in [0.15, 0.2) is 18.2 Å². The van der Waals surface area contributed by atoms with E-state index in [0.717, 1.165) is 0 Å². The second-order valence-electron chi connectivity index (χ2n) is 2.55. The predicted molar refractivity (Wildman–Crippen MR) is 51.5 cm³/mol. The highest BCUT2D eigenvalue weighted by Gasteiger charge is 1.99. The van der Waals surface area contributed by atoms with Crippen molar-refractivity contribution in [2.75, 3.05) is 18.9 Å². The summed E-state index contributed by atoms with van der Waals surface area (Å²) < 4.78 is 0. The second kappa shape index (κ2) is 4.82. The van der Waals surface area contributed by atoms with Gasteiger partial charge in [0.25, 0.3) is 0 Å². The van der Waals surface area contributed by atoms with Gasteiger partial charge in [-0.3, -0.25) is 4.79 Å². The minimum atomic E-state index is -0.130. The molecular weight excluding hydrogens is 180 g/mol. The van der Waals surface area contributed by atoms with Crippen molar-refractivity contribution in [1.29, 1.82) is 5.26 Å². The number of nitriles is 1. The summed E-state index contributed by atoms with van der Waals surface area (Å²) in [5.74, 6) is 0.391. The summed E-state index contributed by atoms with van der Waals surface area (Å²) in [6, 6.07) is 6.92. The summed E-state index contributed by atoms with van der Waals surface area (Å²) >= 11 is 0. The van der Waals surface area contributed by atoms with E-state index in [0.29, 0.717) is 11.5 Å². The minimum absolute atomic E-state index is 0.130. The van der Waals surface area contributed by atoms with Crippen LogP contribution in [-0.2, 0) is 4.79 Å². The number of carbonyl (C=O) groups is 1. The van der Waals surface area contributed by atoms with Crippen LogP contribution in [0.4, 0.5) is 5.82 Å². The van der Waals surface area contributed by atoms with E-state index in [2.05, 4.69) is 15.6 Å². The molecule has 0 unspecified atom stereocenters. The largest absolute Gasteiger partial charge is 0.361 e. The van der Waals surface area contributed by atoms with Crippen LogP contribution < -0.4 is 10.6 Å². The maximum atomic E-state index is 10.9. The summed E-state index contributed by atoms with van der Waals surface area (Å²) in [5, 5.41) is 13.8. The van der Waals surface area contributed by atoms with Gasteiger partial charge in [-0.05, 0) is 12.1 Å². The average Bonchev–Trinajstić information content (AvgIpc) is 2.26. The number of pyridine rings is 1. The average molecular weight is 190 g/mol. The van der Waals surface area contributed by atoms with Crippen molar-refractivity contribution in [1.82, 2.24) is 10.3 Å². The number of hydrogen-bond acceptors (Lipinski definition) is 4. The van der Waals surface area contributed by atoms with Gasteiger partial charge in [-0.2, -0.15) is 5.26 Å². The lowest BCUT2D eigenvalue weighted by molar-refractivity contribution is -0.118. The van der Waals surface area contributed by atoms with Crippen LogP contribution in [0, 0.1) is 11.3 Å². The molecular formula is C9H10N4O. The molecule has 1 heterocycles. The van der Waals surface area contributed by atoms with Gasteiger partial charge >= 0.3 is 0 Å². The van der Waals surface area contributed by atoms with Crippen molar-refractivity contribution < 1.29 is 4.79 Å². The molecule has 0 radical (unpaired) electrons. The van der Waals surface area contributed by atoms with E-state index >= 15 is 0 Å². The minimum Gasteiger partial charge on any atom is -0.361 e. The van der Waals surface area contributed by atoms with Crippen molar-refractivity contribution >= 4 is 11.7 Å². The first-order valence-corrected chi connectivity index (χ1v) is 4.08. The van der Waals surface area contributed by atoms with E-state index in [1.165, 1.54) is 0 Å². The van der Waals surface area contributed by atoms with Crippen molar-refractivity contribution in [2.24, 2.45) is 0 Å². The first kappa shape index (κ1) is 9.99. The zero-order chi connectivity index (χ0) is 10.4. The van der Waals surface area contributed by atoms with Gasteiger partial charge in [0.1, 0.15) is 17.6 Å². The molecule has 1 rings (SSSR count). The molecule has 0 spiro atoms. The number of anilines is 1. The number of likely N-dealkylation sites (N-methyl/N-ethyl adjacent to an activating group) is 1. The molecule has 1 amide bonds. The Morgan fingerprint density at radius 3 is 3.07 bits per heavy atom. The van der Waals surface area contributed by atoms with E-state index in [1.54, 1.807) is 25.2 Å².